The average Bonchev–Trinajstić information content (AvgIpc) is 3.27. The molecule has 5 atom stereocenters. The van der Waals surface area contributed by atoms with Gasteiger partial charge in [0.05, 0.1) is 0 Å². The van der Waals surface area contributed by atoms with Crippen molar-refractivity contribution in [1.82, 2.24) is 26.1 Å². The largest absolute Gasteiger partial charge is 0.481 e. The topological polar surface area (TPSA) is 182 Å². The summed E-state index contributed by atoms with van der Waals surface area (Å²) < 4.78 is 0. The van der Waals surface area contributed by atoms with Crippen molar-refractivity contribution in [2.75, 3.05) is 0 Å². The van der Waals surface area contributed by atoms with Gasteiger partial charge in [-0.1, -0.05) is 26.8 Å². The van der Waals surface area contributed by atoms with E-state index < -0.39 is 11.9 Å². The van der Waals surface area contributed by atoms with Gasteiger partial charge in [-0.25, -0.2) is 4.84 Å². The second kappa shape index (κ2) is 12.4. The van der Waals surface area contributed by atoms with Gasteiger partial charge in [-0.05, 0) is 68.4 Å². The molecule has 44 heavy (non-hydrogen) atoms. The lowest BCUT2D eigenvalue weighted by Crippen LogP contribution is -2.30. The van der Waals surface area contributed by atoms with Crippen LogP contribution in [0.3, 0.4) is 0 Å². The van der Waals surface area contributed by atoms with Crippen LogP contribution in [0, 0.1) is 31.6 Å². The van der Waals surface area contributed by atoms with Crippen LogP contribution in [-0.2, 0) is 44.9 Å². The molecule has 11 heteroatoms. The van der Waals surface area contributed by atoms with Crippen molar-refractivity contribution in [2.24, 2.45) is 17.8 Å². The number of rotatable bonds is 12. The third kappa shape index (κ3) is 6.27. The highest BCUT2D eigenvalue weighted by molar-refractivity contribution is 5.96. The van der Waals surface area contributed by atoms with Crippen LogP contribution in [0.5, 0.6) is 0 Å². The lowest BCUT2D eigenvalue weighted by Gasteiger charge is -2.15. The molecule has 238 valence electrons. The van der Waals surface area contributed by atoms with Gasteiger partial charge < -0.3 is 30.8 Å². The number of aromatic amines is 2. The first-order valence-corrected chi connectivity index (χ1v) is 15.6. The minimum atomic E-state index is -1.33. The van der Waals surface area contributed by atoms with Gasteiger partial charge in [0.1, 0.15) is 0 Å². The fraction of sp³-hybridized carbons (Fsp3) is 0.545. The monoisotopic (exact) mass is 607 g/mol. The number of aromatic nitrogens is 2. The van der Waals surface area contributed by atoms with E-state index in [1.54, 1.807) is 0 Å². The maximum atomic E-state index is 12.5. The Bertz CT molecular complexity index is 1530. The van der Waals surface area contributed by atoms with Crippen molar-refractivity contribution in [3.8, 4) is 0 Å². The number of H-pyrrole nitrogens is 2. The molecule has 2 aromatic rings. The molecular weight excluding hydrogens is 562 g/mol. The highest BCUT2D eigenvalue weighted by atomic mass is 16.9. The number of amides is 2. The van der Waals surface area contributed by atoms with Crippen LogP contribution < -0.4 is 16.1 Å². The summed E-state index contributed by atoms with van der Waals surface area (Å²) in [6, 6.07) is -0.0445. The van der Waals surface area contributed by atoms with Crippen LogP contribution in [0.25, 0.3) is 6.08 Å². The summed E-state index contributed by atoms with van der Waals surface area (Å²) in [5, 5.41) is 26.0. The third-order valence-corrected chi connectivity index (χ3v) is 9.90. The van der Waals surface area contributed by atoms with Crippen LogP contribution in [-0.4, -0.2) is 49.9 Å². The average molecular weight is 608 g/mol. The van der Waals surface area contributed by atoms with Crippen molar-refractivity contribution in [3.05, 3.63) is 62.4 Å². The number of nitrogens with one attached hydrogen (secondary N) is 5. The van der Waals surface area contributed by atoms with Crippen LogP contribution in [0.15, 0.2) is 17.3 Å². The van der Waals surface area contributed by atoms with Gasteiger partial charge in [-0.3, -0.25) is 14.4 Å². The van der Waals surface area contributed by atoms with Crippen LogP contribution in [0.1, 0.15) is 92.0 Å². The van der Waals surface area contributed by atoms with Gasteiger partial charge in [-0.2, -0.15) is 0 Å². The second-order valence-electron chi connectivity index (χ2n) is 12.6. The quantitative estimate of drug-likeness (QED) is 0.142. The molecule has 3 aliphatic rings. The number of hydrogen-bond donors (Lipinski definition) is 7. The van der Waals surface area contributed by atoms with E-state index in [-0.39, 0.29) is 42.0 Å². The Hall–Kier alpha value is -3.67. The van der Waals surface area contributed by atoms with Crippen molar-refractivity contribution < 1.29 is 29.4 Å². The Kier molecular flexibility index (Phi) is 8.93. The van der Waals surface area contributed by atoms with E-state index >= 15 is 0 Å². The molecule has 0 aliphatic carbocycles. The van der Waals surface area contributed by atoms with E-state index in [0.29, 0.717) is 32.1 Å². The molecule has 0 saturated carbocycles. The van der Waals surface area contributed by atoms with E-state index in [2.05, 4.69) is 46.9 Å². The molecular formula is C33H45N5O6. The highest BCUT2D eigenvalue weighted by Gasteiger charge is 2.43. The zero-order chi connectivity index (χ0) is 31.9. The van der Waals surface area contributed by atoms with E-state index in [0.717, 1.165) is 62.7 Å². The smallest absolute Gasteiger partial charge is 0.303 e. The van der Waals surface area contributed by atoms with Gasteiger partial charge in [-0.15, -0.1) is 5.48 Å². The molecule has 2 aromatic heterocycles. The predicted molar refractivity (Wildman–Crippen MR) is 165 cm³/mol. The Morgan fingerprint density at radius 1 is 1.02 bits per heavy atom. The summed E-state index contributed by atoms with van der Waals surface area (Å²) in [6.07, 6.45) is 7.11. The zero-order valence-corrected chi connectivity index (χ0v) is 26.4. The molecule has 3 aliphatic heterocycles. The molecule has 0 spiro atoms. The number of allylic oxidation sites excluding steroid dienone is 2. The van der Waals surface area contributed by atoms with E-state index in [1.807, 2.05) is 32.9 Å². The van der Waals surface area contributed by atoms with E-state index in [9.17, 15) is 24.6 Å². The maximum absolute atomic E-state index is 12.5. The highest BCUT2D eigenvalue weighted by Crippen LogP contribution is 2.34. The Morgan fingerprint density at radius 2 is 1.70 bits per heavy atom. The molecule has 3 saturated heterocycles. The number of carbonyl (C=O) groups is 3. The van der Waals surface area contributed by atoms with Crippen molar-refractivity contribution in [3.63, 3.8) is 0 Å². The van der Waals surface area contributed by atoms with Crippen LogP contribution in [0.4, 0.5) is 0 Å². The van der Waals surface area contributed by atoms with E-state index in [4.69, 9.17) is 4.84 Å². The molecule has 3 fully saturated rings. The molecule has 5 rings (SSSR count). The zero-order valence-electron chi connectivity index (χ0n) is 26.4. The van der Waals surface area contributed by atoms with Gasteiger partial charge in [0.2, 0.25) is 11.8 Å². The van der Waals surface area contributed by atoms with Gasteiger partial charge >= 0.3 is 5.97 Å². The summed E-state index contributed by atoms with van der Waals surface area (Å²) in [5.74, 6) is -2.14. The van der Waals surface area contributed by atoms with Crippen molar-refractivity contribution in [2.45, 2.75) is 98.4 Å². The Labute approximate surface area is 257 Å². The van der Waals surface area contributed by atoms with Gasteiger partial charge in [0.15, 0.2) is 0 Å². The summed E-state index contributed by atoms with van der Waals surface area (Å²) in [5.41, 5.74) is 12.0. The normalized spacial score (nSPS) is 28.2. The molecule has 11 nitrogen and oxygen atoms in total. The van der Waals surface area contributed by atoms with Crippen LogP contribution >= 0.6 is 0 Å². The Morgan fingerprint density at radius 3 is 2.32 bits per heavy atom. The lowest BCUT2D eigenvalue weighted by atomic mass is 9.92. The molecule has 2 amide bonds. The molecule has 7 N–H and O–H groups in total. The summed E-state index contributed by atoms with van der Waals surface area (Å²) in [4.78, 5) is 48.8. The molecule has 0 bridgehead atoms. The minimum Gasteiger partial charge on any atom is -0.481 e. The van der Waals surface area contributed by atoms with Crippen molar-refractivity contribution >= 4 is 23.9 Å². The summed E-state index contributed by atoms with van der Waals surface area (Å²) in [7, 11) is 0. The number of hydrogen-bond acceptors (Lipinski definition) is 6. The fourth-order valence-corrected chi connectivity index (χ4v) is 6.99. The SMILES string of the molecule is C/C=C1\C(=O)N[C@H](Cc2[nH]c(Cc3[nH]c(/C=C4\NC(=O)[C@H](C)[C@H]4CC)c(C)c3CCC(=O)O)c(CC[C@]3(O)NO3)c2C)C1C. The second-order valence-corrected chi connectivity index (χ2v) is 12.6. The van der Waals surface area contributed by atoms with Crippen LogP contribution in [0.2, 0.25) is 0 Å². The predicted octanol–water partition coefficient (Wildman–Crippen LogP) is 3.44. The molecule has 1 unspecified atom stereocenters. The number of aliphatic hydroxyl groups is 1. The fourth-order valence-electron chi connectivity index (χ4n) is 6.99. The summed E-state index contributed by atoms with van der Waals surface area (Å²) in [6.45, 7) is 12.0. The number of carboxylic acid groups (broad SMARTS) is 1. The van der Waals surface area contributed by atoms with Gasteiger partial charge in [0.25, 0.3) is 5.91 Å². The van der Waals surface area contributed by atoms with E-state index in [1.165, 1.54) is 0 Å². The lowest BCUT2D eigenvalue weighted by molar-refractivity contribution is -0.137. The van der Waals surface area contributed by atoms with Crippen molar-refractivity contribution in [1.29, 1.82) is 0 Å². The number of aliphatic carboxylic acids is 1. The summed E-state index contributed by atoms with van der Waals surface area (Å²) >= 11 is 0. The molecule has 0 radical (unpaired) electrons. The number of carbonyl (C=O) groups excluding carboxylic acids is 2. The number of carboxylic acids is 1. The Balaban J connectivity index is 1.50. The van der Waals surface area contributed by atoms with Gasteiger partial charge in [0, 0.05) is 83.5 Å². The third-order valence-electron chi connectivity index (χ3n) is 9.90. The first-order valence-electron chi connectivity index (χ1n) is 15.6. The standard InChI is InChI=1S/C33H45N5O6/c1-7-20-19(6)31(41)37-27(20)14-25-17(4)22(9-10-30(39)40)28(35-25)15-29-23(11-12-33(43)38-44-33)18(5)24(34-29)13-26-16(3)21(8-2)32(42)36-26/h8,14,16,19-20,26,34-35,38,43H,7,9-13,15H2,1-6H3,(H,36,42)(H,37,41)(H,39,40)/b21-8-,27-14-/t16?,19-,20-,26-,33-/m1/s1. The molecule has 5 heterocycles. The number of hydroxylamine groups is 1. The molecule has 0 aromatic carbocycles. The first kappa shape index (κ1) is 31.7. The minimum absolute atomic E-state index is 0.00247. The maximum Gasteiger partial charge on any atom is 0.303 e. The first-order chi connectivity index (χ1) is 20.9.